The van der Waals surface area contributed by atoms with Gasteiger partial charge in [-0.2, -0.15) is 22.0 Å². The Hall–Kier alpha value is -3.50. The monoisotopic (exact) mass is 509 g/mol. The van der Waals surface area contributed by atoms with Gasteiger partial charge in [-0.25, -0.2) is 0 Å². The molecule has 1 heterocycles. The Labute approximate surface area is 203 Å². The molecule has 2 N–H and O–H groups in total. The second-order valence-electron chi connectivity index (χ2n) is 9.08. The Morgan fingerprint density at radius 1 is 0.972 bits per heavy atom. The summed E-state index contributed by atoms with van der Waals surface area (Å²) < 4.78 is 63.6. The van der Waals surface area contributed by atoms with E-state index < -0.39 is 48.3 Å². The van der Waals surface area contributed by atoms with E-state index in [9.17, 15) is 36.3 Å². The van der Waals surface area contributed by atoms with Gasteiger partial charge in [-0.15, -0.1) is 0 Å². The van der Waals surface area contributed by atoms with Crippen LogP contribution in [0.25, 0.3) is 11.1 Å². The van der Waals surface area contributed by atoms with Crippen LogP contribution in [0.5, 0.6) is 0 Å². The molecule has 1 fully saturated rings. The number of halogens is 5. The lowest BCUT2D eigenvalue weighted by atomic mass is 9.95. The van der Waals surface area contributed by atoms with Crippen LogP contribution in [0.2, 0.25) is 0 Å². The molecule has 0 spiro atoms. The largest absolute Gasteiger partial charge is 0.455 e. The van der Waals surface area contributed by atoms with Crippen LogP contribution in [-0.2, 0) is 14.4 Å². The lowest BCUT2D eigenvalue weighted by molar-refractivity contribution is -0.278. The normalized spacial score (nSPS) is 18.6. The Bertz CT molecular complexity index is 1180. The van der Waals surface area contributed by atoms with Crippen molar-refractivity contribution in [3.63, 3.8) is 0 Å². The van der Waals surface area contributed by atoms with Crippen molar-refractivity contribution >= 4 is 23.4 Å². The Kier molecular flexibility index (Phi) is 6.76. The predicted molar refractivity (Wildman–Crippen MR) is 121 cm³/mol. The van der Waals surface area contributed by atoms with Gasteiger partial charge in [0.25, 0.3) is 5.91 Å². The van der Waals surface area contributed by atoms with Gasteiger partial charge in [0, 0.05) is 12.1 Å². The van der Waals surface area contributed by atoms with Crippen LogP contribution in [0.1, 0.15) is 31.4 Å². The van der Waals surface area contributed by atoms with Crippen LogP contribution in [0.15, 0.2) is 48.5 Å². The fourth-order valence-corrected chi connectivity index (χ4v) is 4.06. The standard InChI is InChI=1S/C25H24F5N3O3/c1-14(21(34)31-13-24(26,27)25(28,29)30)22(35)32-20-18-8-3-2-6-16(18)17-7-4-5-9-19(17)33(23(20)36)12-15-10-11-15/h2-9,14-15,20H,10-13H2,1H3,(H,31,34)(H,32,35)/t14-,20-/m0/s1. The summed E-state index contributed by atoms with van der Waals surface area (Å²) in [5, 5.41) is 4.01. The molecule has 0 unspecified atom stereocenters. The number of anilines is 1. The SMILES string of the molecule is C[C@@H](C(=O)NCC(F)(F)C(F)(F)F)C(=O)N[C@@H]1C(=O)N(CC2CC2)c2ccccc2-c2ccccc21. The van der Waals surface area contributed by atoms with Crippen molar-refractivity contribution in [2.75, 3.05) is 18.0 Å². The molecule has 0 bridgehead atoms. The summed E-state index contributed by atoms with van der Waals surface area (Å²) in [6.07, 6.45) is -3.91. The highest BCUT2D eigenvalue weighted by atomic mass is 19.4. The number of amides is 3. The number of benzene rings is 2. The van der Waals surface area contributed by atoms with Crippen LogP contribution in [0, 0.1) is 11.8 Å². The molecule has 192 valence electrons. The van der Waals surface area contributed by atoms with Gasteiger partial charge in [0.15, 0.2) is 0 Å². The molecule has 2 aromatic rings. The van der Waals surface area contributed by atoms with Crippen LogP contribution in [-0.4, -0.2) is 42.9 Å². The van der Waals surface area contributed by atoms with E-state index >= 15 is 0 Å². The summed E-state index contributed by atoms with van der Waals surface area (Å²) in [5.74, 6) is -9.18. The van der Waals surface area contributed by atoms with E-state index in [4.69, 9.17) is 0 Å². The third-order valence-corrected chi connectivity index (χ3v) is 6.38. The zero-order chi connectivity index (χ0) is 26.3. The van der Waals surface area contributed by atoms with Crippen molar-refractivity contribution in [1.82, 2.24) is 10.6 Å². The molecule has 1 aliphatic heterocycles. The van der Waals surface area contributed by atoms with Gasteiger partial charge in [-0.05, 0) is 42.9 Å². The second-order valence-corrected chi connectivity index (χ2v) is 9.08. The molecule has 4 rings (SSSR count). The first kappa shape index (κ1) is 25.6. The van der Waals surface area contributed by atoms with Crippen LogP contribution in [0.3, 0.4) is 0 Å². The van der Waals surface area contributed by atoms with Gasteiger partial charge in [0.05, 0.1) is 12.2 Å². The zero-order valence-electron chi connectivity index (χ0n) is 19.2. The van der Waals surface area contributed by atoms with E-state index in [1.807, 2.05) is 18.2 Å². The minimum absolute atomic E-state index is 0.319. The molecule has 0 radical (unpaired) electrons. The lowest BCUT2D eigenvalue weighted by Gasteiger charge is -2.27. The number of fused-ring (bicyclic) bond motifs is 3. The molecule has 1 saturated carbocycles. The molecule has 11 heteroatoms. The van der Waals surface area contributed by atoms with Crippen molar-refractivity contribution < 1.29 is 36.3 Å². The number of nitrogens with zero attached hydrogens (tertiary/aromatic N) is 1. The van der Waals surface area contributed by atoms with E-state index in [2.05, 4.69) is 5.32 Å². The predicted octanol–water partition coefficient (Wildman–Crippen LogP) is 4.22. The van der Waals surface area contributed by atoms with Crippen LogP contribution < -0.4 is 15.5 Å². The van der Waals surface area contributed by atoms with E-state index in [1.54, 1.807) is 35.2 Å². The smallest absolute Gasteiger partial charge is 0.349 e. The number of nitrogens with one attached hydrogen (secondary N) is 2. The Morgan fingerprint density at radius 3 is 2.22 bits per heavy atom. The fraction of sp³-hybridized carbons (Fsp3) is 0.400. The highest BCUT2D eigenvalue weighted by Gasteiger charge is 2.57. The van der Waals surface area contributed by atoms with Crippen molar-refractivity contribution in [3.8, 4) is 11.1 Å². The number of rotatable bonds is 7. The van der Waals surface area contributed by atoms with Gasteiger partial charge in [0.1, 0.15) is 12.0 Å². The minimum atomic E-state index is -5.84. The van der Waals surface area contributed by atoms with Gasteiger partial charge in [-0.1, -0.05) is 42.5 Å². The number of carbonyl (C=O) groups is 3. The molecule has 1 aliphatic carbocycles. The minimum Gasteiger partial charge on any atom is -0.349 e. The number of hydrogen-bond acceptors (Lipinski definition) is 3. The molecule has 2 aliphatic rings. The summed E-state index contributed by atoms with van der Waals surface area (Å²) in [5.41, 5.74) is 2.66. The highest BCUT2D eigenvalue weighted by Crippen LogP contribution is 2.42. The Balaban J connectivity index is 1.58. The highest BCUT2D eigenvalue weighted by molar-refractivity contribution is 6.08. The molecule has 2 aromatic carbocycles. The Morgan fingerprint density at radius 2 is 1.58 bits per heavy atom. The maximum absolute atomic E-state index is 13.7. The first-order valence-corrected chi connectivity index (χ1v) is 11.4. The van der Waals surface area contributed by atoms with E-state index in [-0.39, 0.29) is 0 Å². The number of para-hydroxylation sites is 1. The fourth-order valence-electron chi connectivity index (χ4n) is 4.06. The number of alkyl halides is 5. The summed E-state index contributed by atoms with van der Waals surface area (Å²) in [4.78, 5) is 40.4. The first-order chi connectivity index (χ1) is 16.9. The van der Waals surface area contributed by atoms with Gasteiger partial charge in [-0.3, -0.25) is 14.4 Å². The molecule has 3 amide bonds. The molecule has 36 heavy (non-hydrogen) atoms. The quantitative estimate of drug-likeness (QED) is 0.434. The molecule has 0 saturated heterocycles. The average molecular weight is 509 g/mol. The van der Waals surface area contributed by atoms with E-state index in [0.717, 1.165) is 25.3 Å². The van der Waals surface area contributed by atoms with Crippen LogP contribution in [0.4, 0.5) is 27.6 Å². The number of hydrogen-bond donors (Lipinski definition) is 2. The summed E-state index contributed by atoms with van der Waals surface area (Å²) >= 11 is 0. The van der Waals surface area contributed by atoms with Gasteiger partial charge < -0.3 is 15.5 Å². The zero-order valence-corrected chi connectivity index (χ0v) is 19.2. The van der Waals surface area contributed by atoms with Crippen molar-refractivity contribution in [3.05, 3.63) is 54.1 Å². The second kappa shape index (κ2) is 9.51. The summed E-state index contributed by atoms with van der Waals surface area (Å²) in [6, 6.07) is 13.1. The molecule has 0 aromatic heterocycles. The maximum atomic E-state index is 13.7. The van der Waals surface area contributed by atoms with Gasteiger partial charge >= 0.3 is 12.1 Å². The average Bonchev–Trinajstić information content (AvgIpc) is 3.67. The lowest BCUT2D eigenvalue weighted by Crippen LogP contribution is -2.50. The molecule has 6 nitrogen and oxygen atoms in total. The van der Waals surface area contributed by atoms with Gasteiger partial charge in [0.2, 0.25) is 11.8 Å². The summed E-state index contributed by atoms with van der Waals surface area (Å²) in [7, 11) is 0. The molecular weight excluding hydrogens is 485 g/mol. The van der Waals surface area contributed by atoms with Crippen molar-refractivity contribution in [2.24, 2.45) is 11.8 Å². The first-order valence-electron chi connectivity index (χ1n) is 11.4. The third-order valence-electron chi connectivity index (χ3n) is 6.38. The van der Waals surface area contributed by atoms with E-state index in [0.29, 0.717) is 29.3 Å². The van der Waals surface area contributed by atoms with E-state index in [1.165, 1.54) is 5.32 Å². The molecular formula is C25H24F5N3O3. The molecule has 2 atom stereocenters. The number of carbonyl (C=O) groups excluding carboxylic acids is 3. The third kappa shape index (κ3) is 5.05. The maximum Gasteiger partial charge on any atom is 0.455 e. The van der Waals surface area contributed by atoms with Crippen molar-refractivity contribution in [2.45, 2.75) is 37.9 Å². The topological polar surface area (TPSA) is 78.5 Å². The summed E-state index contributed by atoms with van der Waals surface area (Å²) in [6.45, 7) is -0.485. The van der Waals surface area contributed by atoms with Crippen molar-refractivity contribution in [1.29, 1.82) is 0 Å². The van der Waals surface area contributed by atoms with Crippen LogP contribution >= 0.6 is 0 Å².